The highest BCUT2D eigenvalue weighted by atomic mass is 32.1. The first kappa shape index (κ1) is 20.5. The number of aryl methyl sites for hydroxylation is 1. The molecule has 0 saturated carbocycles. The molecule has 0 radical (unpaired) electrons. The van der Waals surface area contributed by atoms with Gasteiger partial charge in [-0.3, -0.25) is 9.69 Å². The molecule has 2 aromatic carbocycles. The number of anilines is 1. The van der Waals surface area contributed by atoms with Gasteiger partial charge in [-0.1, -0.05) is 56.4 Å². The van der Waals surface area contributed by atoms with Crippen LogP contribution in [-0.4, -0.2) is 43.0 Å². The minimum atomic E-state index is -0.000909. The number of fused-ring (bicyclic) bond motifs is 1. The van der Waals surface area contributed by atoms with Crippen LogP contribution < -0.4 is 4.90 Å². The van der Waals surface area contributed by atoms with Crippen molar-refractivity contribution in [3.63, 3.8) is 0 Å². The zero-order valence-electron chi connectivity index (χ0n) is 17.6. The third-order valence-corrected chi connectivity index (χ3v) is 5.90. The fourth-order valence-corrected chi connectivity index (χ4v) is 4.11. The van der Waals surface area contributed by atoms with E-state index in [1.165, 1.54) is 5.56 Å². The van der Waals surface area contributed by atoms with Crippen LogP contribution in [0.1, 0.15) is 42.3 Å². The first-order valence-electron chi connectivity index (χ1n) is 9.60. The van der Waals surface area contributed by atoms with Crippen molar-refractivity contribution in [1.29, 1.82) is 0 Å². The molecule has 0 aliphatic rings. The number of amides is 1. The molecule has 1 aromatic heterocycles. The molecule has 0 aliphatic heterocycles. The monoisotopic (exact) mass is 395 g/mol. The van der Waals surface area contributed by atoms with E-state index in [1.807, 2.05) is 37.2 Å². The molecule has 4 nitrogen and oxygen atoms in total. The van der Waals surface area contributed by atoms with Gasteiger partial charge in [0, 0.05) is 18.7 Å². The van der Waals surface area contributed by atoms with E-state index in [0.29, 0.717) is 12.1 Å². The second-order valence-corrected chi connectivity index (χ2v) is 9.51. The van der Waals surface area contributed by atoms with Crippen LogP contribution in [-0.2, 0) is 5.41 Å². The number of thiazole rings is 1. The Morgan fingerprint density at radius 1 is 1.04 bits per heavy atom. The molecular weight excluding hydrogens is 366 g/mol. The maximum absolute atomic E-state index is 13.4. The molecule has 0 atom stereocenters. The molecule has 0 bridgehead atoms. The maximum atomic E-state index is 13.4. The number of likely N-dealkylation sites (N-methyl/N-ethyl adjacent to an activating group) is 1. The minimum absolute atomic E-state index is 0.000909. The van der Waals surface area contributed by atoms with Gasteiger partial charge in [-0.05, 0) is 55.8 Å². The number of aromatic nitrogens is 1. The summed E-state index contributed by atoms with van der Waals surface area (Å²) < 4.78 is 1.11. The number of hydrogen-bond acceptors (Lipinski definition) is 4. The molecule has 5 heteroatoms. The normalized spacial score (nSPS) is 12.0. The van der Waals surface area contributed by atoms with E-state index < -0.39 is 0 Å². The molecule has 0 aliphatic carbocycles. The van der Waals surface area contributed by atoms with Crippen molar-refractivity contribution in [2.45, 2.75) is 33.1 Å². The predicted octanol–water partition coefficient (Wildman–Crippen LogP) is 5.11. The molecule has 1 heterocycles. The van der Waals surface area contributed by atoms with E-state index in [4.69, 9.17) is 4.98 Å². The molecule has 148 valence electrons. The van der Waals surface area contributed by atoms with Crippen molar-refractivity contribution in [2.24, 2.45) is 0 Å². The van der Waals surface area contributed by atoms with Gasteiger partial charge in [0.05, 0.1) is 10.2 Å². The Bertz CT molecular complexity index is 968. The highest BCUT2D eigenvalue weighted by Crippen LogP contribution is 2.31. The summed E-state index contributed by atoms with van der Waals surface area (Å²) in [5.74, 6) is -0.000909. The molecule has 3 aromatic rings. The summed E-state index contributed by atoms with van der Waals surface area (Å²) >= 11 is 1.58. The smallest absolute Gasteiger partial charge is 0.260 e. The Morgan fingerprint density at radius 2 is 1.71 bits per heavy atom. The van der Waals surface area contributed by atoms with Crippen LogP contribution in [0.2, 0.25) is 0 Å². The molecule has 0 unspecified atom stereocenters. The molecule has 0 fully saturated rings. The fourth-order valence-electron chi connectivity index (χ4n) is 3.04. The standard InChI is InChI=1S/C23H29N3OS/c1-16-8-7-9-19-20(16)24-22(28-19)26(15-14-25(5)6)21(27)17-10-12-18(13-11-17)23(2,3)4/h7-13H,14-15H2,1-6H3. The quantitative estimate of drug-likeness (QED) is 0.602. The summed E-state index contributed by atoms with van der Waals surface area (Å²) in [5, 5.41) is 0.760. The van der Waals surface area contributed by atoms with Crippen LogP contribution in [0.15, 0.2) is 42.5 Å². The van der Waals surface area contributed by atoms with Crippen molar-refractivity contribution in [1.82, 2.24) is 9.88 Å². The average molecular weight is 396 g/mol. The summed E-state index contributed by atoms with van der Waals surface area (Å²) in [6, 6.07) is 14.1. The highest BCUT2D eigenvalue weighted by Gasteiger charge is 2.22. The number of carbonyl (C=O) groups is 1. The first-order valence-corrected chi connectivity index (χ1v) is 10.4. The zero-order chi connectivity index (χ0) is 20.5. The van der Waals surface area contributed by atoms with Crippen LogP contribution in [0.4, 0.5) is 5.13 Å². The number of hydrogen-bond donors (Lipinski definition) is 0. The topological polar surface area (TPSA) is 36.4 Å². The van der Waals surface area contributed by atoms with Crippen molar-refractivity contribution < 1.29 is 4.79 Å². The molecule has 3 rings (SSSR count). The van der Waals surface area contributed by atoms with Gasteiger partial charge in [-0.25, -0.2) is 4.98 Å². The Labute approximate surface area is 171 Å². The van der Waals surface area contributed by atoms with Gasteiger partial charge < -0.3 is 4.90 Å². The first-order chi connectivity index (χ1) is 13.2. The van der Waals surface area contributed by atoms with Gasteiger partial charge in [0.25, 0.3) is 5.91 Å². The Kier molecular flexibility index (Phi) is 5.87. The van der Waals surface area contributed by atoms with Gasteiger partial charge in [0.1, 0.15) is 0 Å². The van der Waals surface area contributed by atoms with E-state index in [0.717, 1.165) is 27.5 Å². The van der Waals surface area contributed by atoms with Gasteiger partial charge >= 0.3 is 0 Å². The molecule has 0 spiro atoms. The number of rotatable bonds is 5. The summed E-state index contributed by atoms with van der Waals surface area (Å²) in [6.45, 7) is 9.97. The van der Waals surface area contributed by atoms with Gasteiger partial charge in [-0.2, -0.15) is 0 Å². The maximum Gasteiger partial charge on any atom is 0.260 e. The fraction of sp³-hybridized carbons (Fsp3) is 0.391. The third-order valence-electron chi connectivity index (χ3n) is 4.85. The van der Waals surface area contributed by atoms with E-state index >= 15 is 0 Å². The average Bonchev–Trinajstić information content (AvgIpc) is 3.06. The second kappa shape index (κ2) is 8.02. The predicted molar refractivity (Wildman–Crippen MR) is 120 cm³/mol. The Hall–Kier alpha value is -2.24. The molecular formula is C23H29N3OS. The summed E-state index contributed by atoms with van der Waals surface area (Å²) in [4.78, 5) is 22.1. The number of carbonyl (C=O) groups excluding carboxylic acids is 1. The van der Waals surface area contributed by atoms with Crippen LogP contribution in [0.25, 0.3) is 10.2 Å². The molecule has 28 heavy (non-hydrogen) atoms. The largest absolute Gasteiger partial charge is 0.308 e. The van der Waals surface area contributed by atoms with E-state index in [2.05, 4.69) is 56.9 Å². The van der Waals surface area contributed by atoms with Crippen molar-refractivity contribution in [2.75, 3.05) is 32.1 Å². The van der Waals surface area contributed by atoms with Crippen LogP contribution in [0, 0.1) is 6.92 Å². The van der Waals surface area contributed by atoms with Gasteiger partial charge in [0.15, 0.2) is 5.13 Å². The summed E-state index contributed by atoms with van der Waals surface area (Å²) in [6.07, 6.45) is 0. The number of nitrogens with zero attached hydrogens (tertiary/aromatic N) is 3. The molecule has 1 amide bonds. The number of benzene rings is 2. The Morgan fingerprint density at radius 3 is 2.29 bits per heavy atom. The van der Waals surface area contributed by atoms with Crippen LogP contribution >= 0.6 is 11.3 Å². The van der Waals surface area contributed by atoms with Crippen LogP contribution in [0.5, 0.6) is 0 Å². The Balaban J connectivity index is 1.96. The van der Waals surface area contributed by atoms with Crippen LogP contribution in [0.3, 0.4) is 0 Å². The minimum Gasteiger partial charge on any atom is -0.308 e. The SMILES string of the molecule is Cc1cccc2sc(N(CCN(C)C)C(=O)c3ccc(C(C)(C)C)cc3)nc12. The molecule has 0 N–H and O–H groups in total. The summed E-state index contributed by atoms with van der Waals surface area (Å²) in [7, 11) is 4.03. The lowest BCUT2D eigenvalue weighted by molar-refractivity contribution is 0.0985. The van der Waals surface area contributed by atoms with Crippen molar-refractivity contribution >= 4 is 32.6 Å². The second-order valence-electron chi connectivity index (χ2n) is 8.51. The van der Waals surface area contributed by atoms with E-state index in [1.54, 1.807) is 11.3 Å². The lowest BCUT2D eigenvalue weighted by Crippen LogP contribution is -2.36. The molecule has 0 saturated heterocycles. The number of para-hydroxylation sites is 1. The third kappa shape index (κ3) is 4.42. The van der Waals surface area contributed by atoms with E-state index in [9.17, 15) is 4.79 Å². The van der Waals surface area contributed by atoms with Gasteiger partial charge in [-0.15, -0.1) is 0 Å². The zero-order valence-corrected chi connectivity index (χ0v) is 18.4. The van der Waals surface area contributed by atoms with Gasteiger partial charge in [0.2, 0.25) is 0 Å². The van der Waals surface area contributed by atoms with Crippen molar-refractivity contribution in [3.8, 4) is 0 Å². The summed E-state index contributed by atoms with van der Waals surface area (Å²) in [5.41, 5.74) is 4.10. The lowest BCUT2D eigenvalue weighted by atomic mass is 9.86. The van der Waals surface area contributed by atoms with Crippen molar-refractivity contribution in [3.05, 3.63) is 59.2 Å². The van der Waals surface area contributed by atoms with E-state index in [-0.39, 0.29) is 11.3 Å². The lowest BCUT2D eigenvalue weighted by Gasteiger charge is -2.23. The highest BCUT2D eigenvalue weighted by molar-refractivity contribution is 7.22.